The van der Waals surface area contributed by atoms with Gasteiger partial charge in [-0.15, -0.1) is 0 Å². The number of rotatable bonds is 3. The van der Waals surface area contributed by atoms with Crippen LogP contribution in [0.1, 0.15) is 34.1 Å². The van der Waals surface area contributed by atoms with Crippen LogP contribution in [0.4, 0.5) is 0 Å². The fraction of sp³-hybridized carbons (Fsp3) is 0.875. The van der Waals surface area contributed by atoms with Crippen molar-refractivity contribution in [1.82, 2.24) is 5.32 Å². The molecule has 1 atom stereocenters. The van der Waals surface area contributed by atoms with E-state index in [9.17, 15) is 4.79 Å². The Morgan fingerprint density at radius 2 is 1.90 bits per heavy atom. The topological polar surface area (TPSA) is 29.1 Å². The van der Waals surface area contributed by atoms with E-state index in [1.807, 2.05) is 20.8 Å². The van der Waals surface area contributed by atoms with Gasteiger partial charge in [0.05, 0.1) is 0 Å². The van der Waals surface area contributed by atoms with Crippen LogP contribution in [-0.4, -0.2) is 11.9 Å². The van der Waals surface area contributed by atoms with E-state index in [0.717, 1.165) is 6.42 Å². The first kappa shape index (κ1) is 9.47. The Kier molecular flexibility index (Phi) is 4.08. The van der Waals surface area contributed by atoms with Gasteiger partial charge < -0.3 is 5.32 Å². The van der Waals surface area contributed by atoms with Crippen molar-refractivity contribution in [2.24, 2.45) is 5.92 Å². The Hall–Kier alpha value is -0.530. The first-order valence-electron chi connectivity index (χ1n) is 3.88. The Morgan fingerprint density at radius 1 is 1.40 bits per heavy atom. The van der Waals surface area contributed by atoms with E-state index in [2.05, 4.69) is 12.2 Å². The van der Waals surface area contributed by atoms with Crippen LogP contribution in [0.25, 0.3) is 0 Å². The summed E-state index contributed by atoms with van der Waals surface area (Å²) in [4.78, 5) is 11.0. The molecular weight excluding hydrogens is 126 g/mol. The molecule has 0 rings (SSSR count). The smallest absolute Gasteiger partial charge is 0.222 e. The summed E-state index contributed by atoms with van der Waals surface area (Å²) < 4.78 is 0. The molecule has 0 aliphatic carbocycles. The van der Waals surface area contributed by atoms with E-state index < -0.39 is 0 Å². The number of carbonyl (C=O) groups is 1. The van der Waals surface area contributed by atoms with Crippen molar-refractivity contribution in [3.05, 3.63) is 0 Å². The second-order valence-corrected chi connectivity index (χ2v) is 2.97. The van der Waals surface area contributed by atoms with Gasteiger partial charge in [0.2, 0.25) is 5.91 Å². The molecule has 0 aliphatic rings. The Bertz CT molecular complexity index is 110. The van der Waals surface area contributed by atoms with Crippen LogP contribution in [0.2, 0.25) is 0 Å². The summed E-state index contributed by atoms with van der Waals surface area (Å²) in [6.07, 6.45) is 0.998. The van der Waals surface area contributed by atoms with Crippen molar-refractivity contribution in [3.63, 3.8) is 0 Å². The number of hydrogen-bond donors (Lipinski definition) is 1. The maximum atomic E-state index is 11.0. The highest BCUT2D eigenvalue weighted by Gasteiger charge is 2.08. The highest BCUT2D eigenvalue weighted by atomic mass is 16.1. The molecule has 1 amide bonds. The number of amides is 1. The molecular formula is C8H17NO. The van der Waals surface area contributed by atoms with Gasteiger partial charge in [0.25, 0.3) is 0 Å². The molecule has 1 N–H and O–H groups in total. The lowest BCUT2D eigenvalue weighted by Crippen LogP contribution is -2.34. The third kappa shape index (κ3) is 3.49. The lowest BCUT2D eigenvalue weighted by molar-refractivity contribution is -0.124. The Morgan fingerprint density at radius 3 is 2.20 bits per heavy atom. The third-order valence-electron chi connectivity index (χ3n) is 1.53. The quantitative estimate of drug-likeness (QED) is 0.638. The first-order chi connectivity index (χ1) is 4.57. The summed E-state index contributed by atoms with van der Waals surface area (Å²) in [6.45, 7) is 7.88. The minimum absolute atomic E-state index is 0.106. The summed E-state index contributed by atoms with van der Waals surface area (Å²) in [5.41, 5.74) is 0. The highest BCUT2D eigenvalue weighted by Crippen LogP contribution is 1.94. The fourth-order valence-corrected chi connectivity index (χ4v) is 0.512. The van der Waals surface area contributed by atoms with Crippen LogP contribution in [0.5, 0.6) is 0 Å². The summed E-state index contributed by atoms with van der Waals surface area (Å²) in [5.74, 6) is 0.253. The highest BCUT2D eigenvalue weighted by molar-refractivity contribution is 5.78. The van der Waals surface area contributed by atoms with Crippen LogP contribution in [-0.2, 0) is 4.79 Å². The zero-order chi connectivity index (χ0) is 8.15. The van der Waals surface area contributed by atoms with E-state index in [1.165, 1.54) is 0 Å². The van der Waals surface area contributed by atoms with Gasteiger partial charge in [-0.25, -0.2) is 0 Å². The van der Waals surface area contributed by atoms with Gasteiger partial charge in [-0.3, -0.25) is 4.79 Å². The summed E-state index contributed by atoms with van der Waals surface area (Å²) in [7, 11) is 0. The molecule has 0 aromatic rings. The van der Waals surface area contributed by atoms with Gasteiger partial charge in [0.1, 0.15) is 0 Å². The minimum Gasteiger partial charge on any atom is -0.353 e. The average Bonchev–Trinajstić information content (AvgIpc) is 1.87. The largest absolute Gasteiger partial charge is 0.353 e. The SMILES string of the molecule is CC[C@@H](C)NC(=O)C(C)C. The molecule has 2 nitrogen and oxygen atoms in total. The van der Waals surface area contributed by atoms with Crippen molar-refractivity contribution in [1.29, 1.82) is 0 Å². The predicted octanol–water partition coefficient (Wildman–Crippen LogP) is 1.56. The lowest BCUT2D eigenvalue weighted by Gasteiger charge is -2.12. The van der Waals surface area contributed by atoms with Crippen LogP contribution >= 0.6 is 0 Å². The first-order valence-corrected chi connectivity index (χ1v) is 3.88. The molecule has 0 spiro atoms. The normalized spacial score (nSPS) is 13.3. The molecule has 0 unspecified atom stereocenters. The average molecular weight is 143 g/mol. The number of carbonyl (C=O) groups excluding carboxylic acids is 1. The Balaban J connectivity index is 3.57. The van der Waals surface area contributed by atoms with Crippen LogP contribution in [0.3, 0.4) is 0 Å². The second kappa shape index (κ2) is 4.31. The molecule has 0 aromatic carbocycles. The van der Waals surface area contributed by atoms with Gasteiger partial charge in [0.15, 0.2) is 0 Å². The van der Waals surface area contributed by atoms with E-state index >= 15 is 0 Å². The molecule has 0 saturated carbocycles. The molecule has 0 bridgehead atoms. The maximum absolute atomic E-state index is 11.0. The molecule has 0 saturated heterocycles. The molecule has 2 heteroatoms. The van der Waals surface area contributed by atoms with Crippen LogP contribution in [0, 0.1) is 5.92 Å². The lowest BCUT2D eigenvalue weighted by atomic mass is 10.2. The predicted molar refractivity (Wildman–Crippen MR) is 42.7 cm³/mol. The summed E-state index contributed by atoms with van der Waals surface area (Å²) >= 11 is 0. The molecule has 0 heterocycles. The standard InChI is InChI=1S/C8H17NO/c1-5-7(4)9-8(10)6(2)3/h6-7H,5H2,1-4H3,(H,9,10)/t7-/m1/s1. The molecule has 0 aliphatic heterocycles. The molecule has 10 heavy (non-hydrogen) atoms. The molecule has 0 aromatic heterocycles. The van der Waals surface area contributed by atoms with Crippen molar-refractivity contribution < 1.29 is 4.79 Å². The molecule has 0 radical (unpaired) electrons. The van der Waals surface area contributed by atoms with Gasteiger partial charge in [0, 0.05) is 12.0 Å². The van der Waals surface area contributed by atoms with Crippen LogP contribution < -0.4 is 5.32 Å². The van der Waals surface area contributed by atoms with Crippen LogP contribution in [0.15, 0.2) is 0 Å². The van der Waals surface area contributed by atoms with Crippen molar-refractivity contribution in [2.45, 2.75) is 40.2 Å². The second-order valence-electron chi connectivity index (χ2n) is 2.97. The van der Waals surface area contributed by atoms with E-state index in [0.29, 0.717) is 6.04 Å². The van der Waals surface area contributed by atoms with Crippen molar-refractivity contribution in [3.8, 4) is 0 Å². The fourth-order valence-electron chi connectivity index (χ4n) is 0.512. The van der Waals surface area contributed by atoms with Gasteiger partial charge in [-0.2, -0.15) is 0 Å². The zero-order valence-electron chi connectivity index (χ0n) is 7.27. The minimum atomic E-state index is 0.106. The third-order valence-corrected chi connectivity index (χ3v) is 1.53. The van der Waals surface area contributed by atoms with Gasteiger partial charge in [-0.05, 0) is 13.3 Å². The van der Waals surface area contributed by atoms with Crippen molar-refractivity contribution >= 4 is 5.91 Å². The monoisotopic (exact) mass is 143 g/mol. The zero-order valence-corrected chi connectivity index (χ0v) is 7.27. The van der Waals surface area contributed by atoms with Crippen molar-refractivity contribution in [2.75, 3.05) is 0 Å². The molecule has 60 valence electrons. The number of hydrogen-bond acceptors (Lipinski definition) is 1. The van der Waals surface area contributed by atoms with Gasteiger partial charge >= 0.3 is 0 Å². The summed E-state index contributed by atoms with van der Waals surface area (Å²) in [5, 5.41) is 2.89. The number of nitrogens with one attached hydrogen (secondary N) is 1. The maximum Gasteiger partial charge on any atom is 0.222 e. The van der Waals surface area contributed by atoms with E-state index in [1.54, 1.807) is 0 Å². The Labute approximate surface area is 63.0 Å². The van der Waals surface area contributed by atoms with Gasteiger partial charge in [-0.1, -0.05) is 20.8 Å². The molecule has 0 fully saturated rings. The van der Waals surface area contributed by atoms with E-state index in [-0.39, 0.29) is 11.8 Å². The summed E-state index contributed by atoms with van der Waals surface area (Å²) in [6, 6.07) is 0.315. The van der Waals surface area contributed by atoms with E-state index in [4.69, 9.17) is 0 Å².